The first-order chi connectivity index (χ1) is 7.66. The van der Waals surface area contributed by atoms with Crippen LogP contribution in [0.3, 0.4) is 0 Å². The predicted octanol–water partition coefficient (Wildman–Crippen LogP) is 2.21. The summed E-state index contributed by atoms with van der Waals surface area (Å²) >= 11 is 0. The van der Waals surface area contributed by atoms with Crippen molar-refractivity contribution in [2.24, 2.45) is 5.92 Å². The van der Waals surface area contributed by atoms with Crippen molar-refractivity contribution < 1.29 is 13.9 Å². The Hall–Kier alpha value is -1.16. The molecule has 16 heavy (non-hydrogen) atoms. The second-order valence-electron chi connectivity index (χ2n) is 4.31. The van der Waals surface area contributed by atoms with E-state index in [4.69, 9.17) is 5.11 Å². The Balaban J connectivity index is 2.09. The van der Waals surface area contributed by atoms with Crippen LogP contribution in [0.15, 0.2) is 12.1 Å². The van der Waals surface area contributed by atoms with Crippen LogP contribution in [-0.4, -0.2) is 18.2 Å². The molecule has 2 nitrogen and oxygen atoms in total. The van der Waals surface area contributed by atoms with Crippen molar-refractivity contribution in [3.05, 3.63) is 29.3 Å². The van der Waals surface area contributed by atoms with Crippen LogP contribution < -0.4 is 5.32 Å². The van der Waals surface area contributed by atoms with Crippen molar-refractivity contribution >= 4 is 0 Å². The molecule has 0 aliphatic carbocycles. The molecule has 4 heteroatoms. The molecule has 0 spiro atoms. The van der Waals surface area contributed by atoms with Gasteiger partial charge in [-0.15, -0.1) is 0 Å². The number of nitrogens with one attached hydrogen (secondary N) is 1. The molecule has 0 atom stereocenters. The van der Waals surface area contributed by atoms with Gasteiger partial charge in [-0.1, -0.05) is 0 Å². The number of phenols is 1. The maximum atomic E-state index is 13.1. The molecule has 1 aliphatic rings. The summed E-state index contributed by atoms with van der Waals surface area (Å²) in [4.78, 5) is 0. The highest BCUT2D eigenvalue weighted by molar-refractivity contribution is 5.30. The summed E-state index contributed by atoms with van der Waals surface area (Å²) in [6.45, 7) is 1.93. The van der Waals surface area contributed by atoms with Gasteiger partial charge in [0.25, 0.3) is 0 Å². The highest BCUT2D eigenvalue weighted by atomic mass is 19.1. The number of piperidine rings is 1. The van der Waals surface area contributed by atoms with Crippen molar-refractivity contribution in [1.29, 1.82) is 0 Å². The van der Waals surface area contributed by atoms with Gasteiger partial charge in [-0.05, 0) is 56.0 Å². The third-order valence-corrected chi connectivity index (χ3v) is 3.06. The Morgan fingerprint density at radius 2 is 1.75 bits per heavy atom. The predicted molar refractivity (Wildman–Crippen MR) is 57.3 cm³/mol. The molecule has 1 saturated heterocycles. The number of benzene rings is 1. The average molecular weight is 227 g/mol. The molecule has 0 bridgehead atoms. The average Bonchev–Trinajstić information content (AvgIpc) is 2.27. The molecule has 1 heterocycles. The standard InChI is InChI=1S/C12H15F2NO/c13-10-6-9(7-11(14)12(10)16)5-8-1-3-15-4-2-8/h6-8,15-16H,1-5H2. The molecular formula is C12H15F2NO. The van der Waals surface area contributed by atoms with E-state index >= 15 is 0 Å². The minimum atomic E-state index is -0.880. The molecule has 0 aromatic heterocycles. The van der Waals surface area contributed by atoms with Crippen LogP contribution in [0.1, 0.15) is 18.4 Å². The summed E-state index contributed by atoms with van der Waals surface area (Å²) in [6.07, 6.45) is 2.74. The van der Waals surface area contributed by atoms with Gasteiger partial charge in [-0.25, -0.2) is 8.78 Å². The van der Waals surface area contributed by atoms with Crippen molar-refractivity contribution in [3.63, 3.8) is 0 Å². The number of halogens is 2. The van der Waals surface area contributed by atoms with Gasteiger partial charge in [-0.3, -0.25) is 0 Å². The van der Waals surface area contributed by atoms with Crippen LogP contribution in [0, 0.1) is 17.6 Å². The number of hydrogen-bond acceptors (Lipinski definition) is 2. The second-order valence-corrected chi connectivity index (χ2v) is 4.31. The number of aromatic hydroxyl groups is 1. The fraction of sp³-hybridized carbons (Fsp3) is 0.500. The maximum Gasteiger partial charge on any atom is 0.187 e. The van der Waals surface area contributed by atoms with Crippen molar-refractivity contribution in [3.8, 4) is 5.75 Å². The minimum absolute atomic E-state index is 0.476. The molecule has 0 unspecified atom stereocenters. The van der Waals surface area contributed by atoms with E-state index in [0.717, 1.165) is 25.9 Å². The molecule has 1 aromatic carbocycles. The highest BCUT2D eigenvalue weighted by Gasteiger charge is 2.16. The summed E-state index contributed by atoms with van der Waals surface area (Å²) in [5, 5.41) is 12.2. The third-order valence-electron chi connectivity index (χ3n) is 3.06. The zero-order valence-electron chi connectivity index (χ0n) is 8.97. The first kappa shape index (κ1) is 11.3. The van der Waals surface area contributed by atoms with Crippen molar-refractivity contribution in [2.75, 3.05) is 13.1 Å². The summed E-state index contributed by atoms with van der Waals surface area (Å²) in [5.74, 6) is -2.15. The molecule has 88 valence electrons. The lowest BCUT2D eigenvalue weighted by atomic mass is 9.91. The van der Waals surface area contributed by atoms with E-state index in [1.807, 2.05) is 0 Å². The van der Waals surface area contributed by atoms with E-state index in [9.17, 15) is 8.78 Å². The number of rotatable bonds is 2. The zero-order valence-corrected chi connectivity index (χ0v) is 8.97. The topological polar surface area (TPSA) is 32.3 Å². The fourth-order valence-corrected chi connectivity index (χ4v) is 2.16. The van der Waals surface area contributed by atoms with Crippen LogP contribution in [0.5, 0.6) is 5.75 Å². The molecule has 1 aliphatic heterocycles. The molecule has 1 fully saturated rings. The highest BCUT2D eigenvalue weighted by Crippen LogP contribution is 2.24. The van der Waals surface area contributed by atoms with Crippen LogP contribution in [0.25, 0.3) is 0 Å². The van der Waals surface area contributed by atoms with E-state index in [-0.39, 0.29) is 0 Å². The molecule has 2 rings (SSSR count). The fourth-order valence-electron chi connectivity index (χ4n) is 2.16. The summed E-state index contributed by atoms with van der Waals surface area (Å²) < 4.78 is 26.2. The van der Waals surface area contributed by atoms with E-state index in [0.29, 0.717) is 17.9 Å². The Morgan fingerprint density at radius 3 is 2.31 bits per heavy atom. The van der Waals surface area contributed by atoms with E-state index in [2.05, 4.69) is 5.32 Å². The van der Waals surface area contributed by atoms with E-state index < -0.39 is 17.4 Å². The molecular weight excluding hydrogens is 212 g/mol. The number of phenolic OH excluding ortho intramolecular Hbond substituents is 1. The van der Waals surface area contributed by atoms with Crippen molar-refractivity contribution in [1.82, 2.24) is 5.32 Å². The van der Waals surface area contributed by atoms with Gasteiger partial charge >= 0.3 is 0 Å². The first-order valence-electron chi connectivity index (χ1n) is 5.54. The third kappa shape index (κ3) is 2.50. The quantitative estimate of drug-likeness (QED) is 0.812. The SMILES string of the molecule is Oc1c(F)cc(CC2CCNCC2)cc1F. The van der Waals surface area contributed by atoms with Crippen LogP contribution in [-0.2, 0) is 6.42 Å². The monoisotopic (exact) mass is 227 g/mol. The Bertz CT molecular complexity index is 352. The lowest BCUT2D eigenvalue weighted by Crippen LogP contribution is -2.28. The van der Waals surface area contributed by atoms with Gasteiger partial charge in [0.2, 0.25) is 0 Å². The lowest BCUT2D eigenvalue weighted by molar-refractivity contribution is 0.368. The van der Waals surface area contributed by atoms with Gasteiger partial charge in [0.05, 0.1) is 0 Å². The van der Waals surface area contributed by atoms with Crippen LogP contribution >= 0.6 is 0 Å². The van der Waals surface area contributed by atoms with Gasteiger partial charge in [0, 0.05) is 0 Å². The molecule has 0 saturated carbocycles. The first-order valence-corrected chi connectivity index (χ1v) is 5.54. The largest absolute Gasteiger partial charge is 0.503 e. The molecule has 2 N–H and O–H groups in total. The van der Waals surface area contributed by atoms with E-state index in [1.165, 1.54) is 12.1 Å². The Morgan fingerprint density at radius 1 is 1.19 bits per heavy atom. The Kier molecular flexibility index (Phi) is 3.39. The van der Waals surface area contributed by atoms with Crippen molar-refractivity contribution in [2.45, 2.75) is 19.3 Å². The summed E-state index contributed by atoms with van der Waals surface area (Å²) in [5.41, 5.74) is 0.625. The van der Waals surface area contributed by atoms with Gasteiger partial charge in [0.15, 0.2) is 17.4 Å². The lowest BCUT2D eigenvalue weighted by Gasteiger charge is -2.22. The van der Waals surface area contributed by atoms with Crippen LogP contribution in [0.2, 0.25) is 0 Å². The second kappa shape index (κ2) is 4.78. The molecule has 0 amide bonds. The summed E-state index contributed by atoms with van der Waals surface area (Å²) in [7, 11) is 0. The van der Waals surface area contributed by atoms with Crippen LogP contribution in [0.4, 0.5) is 8.78 Å². The Labute approximate surface area is 93.3 Å². The molecule has 1 aromatic rings. The van der Waals surface area contributed by atoms with Gasteiger partial charge < -0.3 is 10.4 Å². The zero-order chi connectivity index (χ0) is 11.5. The maximum absolute atomic E-state index is 13.1. The van der Waals surface area contributed by atoms with Gasteiger partial charge in [0.1, 0.15) is 0 Å². The molecule has 0 radical (unpaired) electrons. The normalized spacial score (nSPS) is 17.6. The van der Waals surface area contributed by atoms with E-state index in [1.54, 1.807) is 0 Å². The minimum Gasteiger partial charge on any atom is -0.503 e. The summed E-state index contributed by atoms with van der Waals surface area (Å²) in [6, 6.07) is 2.45. The van der Waals surface area contributed by atoms with Gasteiger partial charge in [-0.2, -0.15) is 0 Å². The number of hydrogen-bond donors (Lipinski definition) is 2. The smallest absolute Gasteiger partial charge is 0.187 e.